The minimum absolute atomic E-state index is 0.301. The Morgan fingerprint density at radius 2 is 1.56 bits per heavy atom. The Morgan fingerprint density at radius 1 is 1.06 bits per heavy atom. The highest BCUT2D eigenvalue weighted by Crippen LogP contribution is 2.32. The molecule has 0 saturated carbocycles. The summed E-state index contributed by atoms with van der Waals surface area (Å²) in [7, 11) is 3.49. The summed E-state index contributed by atoms with van der Waals surface area (Å²) in [5.41, 5.74) is -0.237. The van der Waals surface area contributed by atoms with Gasteiger partial charge in [0.1, 0.15) is 0 Å². The van der Waals surface area contributed by atoms with E-state index < -0.39 is 11.7 Å². The number of halogens is 3. The number of rotatable bonds is 2. The van der Waals surface area contributed by atoms with Gasteiger partial charge in [0.25, 0.3) is 0 Å². The van der Waals surface area contributed by atoms with E-state index >= 15 is 0 Å². The summed E-state index contributed by atoms with van der Waals surface area (Å²) in [5.74, 6) is 0. The monoisotopic (exact) mass is 233 g/mol. The van der Waals surface area contributed by atoms with Crippen molar-refractivity contribution in [2.24, 2.45) is 0 Å². The zero-order valence-electron chi connectivity index (χ0n) is 10.1. The van der Waals surface area contributed by atoms with Crippen molar-refractivity contribution >= 4 is 0 Å². The van der Waals surface area contributed by atoms with Crippen LogP contribution in [0.2, 0.25) is 0 Å². The van der Waals surface area contributed by atoms with Gasteiger partial charge in [-0.15, -0.1) is 0 Å². The van der Waals surface area contributed by atoms with Gasteiger partial charge in [0.15, 0.2) is 0 Å². The van der Waals surface area contributed by atoms with Crippen LogP contribution < -0.4 is 0 Å². The minimum Gasteiger partial charge on any atom is -0.305 e. The third kappa shape index (κ3) is 4.66. The molecule has 0 spiro atoms. The molecule has 0 aliphatic rings. The quantitative estimate of drug-likeness (QED) is 0.751. The first-order valence-electron chi connectivity index (χ1n) is 5.21. The Hall–Kier alpha value is -1.03. The average molecular weight is 233 g/mol. The molecule has 0 fully saturated rings. The minimum atomic E-state index is -4.26. The van der Waals surface area contributed by atoms with E-state index in [0.29, 0.717) is 12.1 Å². The Labute approximate surface area is 94.9 Å². The molecular weight excluding hydrogens is 215 g/mol. The van der Waals surface area contributed by atoms with Crippen molar-refractivity contribution in [2.45, 2.75) is 26.6 Å². The van der Waals surface area contributed by atoms with E-state index in [0.717, 1.165) is 6.07 Å². The second-order valence-corrected chi connectivity index (χ2v) is 3.39. The number of alkyl halides is 3. The zero-order chi connectivity index (χ0) is 12.8. The number of benzene rings is 1. The van der Waals surface area contributed by atoms with E-state index in [1.807, 2.05) is 13.8 Å². The van der Waals surface area contributed by atoms with Crippen LogP contribution in [0.15, 0.2) is 24.3 Å². The van der Waals surface area contributed by atoms with Gasteiger partial charge in [-0.1, -0.05) is 32.0 Å². The average Bonchev–Trinajstić information content (AvgIpc) is 2.19. The molecule has 0 aliphatic carbocycles. The molecule has 0 atom stereocenters. The molecule has 92 valence electrons. The van der Waals surface area contributed by atoms with E-state index in [2.05, 4.69) is 0 Å². The van der Waals surface area contributed by atoms with Crippen molar-refractivity contribution in [3.8, 4) is 0 Å². The first kappa shape index (κ1) is 15.0. The van der Waals surface area contributed by atoms with Gasteiger partial charge in [-0.05, 0) is 25.7 Å². The Kier molecular flexibility index (Phi) is 6.11. The number of hydrogen-bond acceptors (Lipinski definition) is 1. The van der Waals surface area contributed by atoms with E-state index in [1.165, 1.54) is 12.1 Å². The van der Waals surface area contributed by atoms with Crippen molar-refractivity contribution in [3.05, 3.63) is 35.4 Å². The van der Waals surface area contributed by atoms with Crippen LogP contribution >= 0.6 is 0 Å². The molecule has 0 aliphatic heterocycles. The largest absolute Gasteiger partial charge is 0.416 e. The highest BCUT2D eigenvalue weighted by molar-refractivity contribution is 5.29. The van der Waals surface area contributed by atoms with Gasteiger partial charge in [0.05, 0.1) is 5.56 Å². The fourth-order valence-electron chi connectivity index (χ4n) is 1.28. The molecule has 1 rings (SSSR count). The smallest absolute Gasteiger partial charge is 0.305 e. The van der Waals surface area contributed by atoms with Crippen LogP contribution in [0.25, 0.3) is 0 Å². The van der Waals surface area contributed by atoms with Crippen LogP contribution in [0.1, 0.15) is 25.0 Å². The van der Waals surface area contributed by atoms with E-state index in [1.54, 1.807) is 25.1 Å². The molecule has 0 heterocycles. The van der Waals surface area contributed by atoms with Crippen molar-refractivity contribution < 1.29 is 13.2 Å². The van der Waals surface area contributed by atoms with Gasteiger partial charge < -0.3 is 4.90 Å². The van der Waals surface area contributed by atoms with E-state index in [-0.39, 0.29) is 0 Å². The maximum atomic E-state index is 12.5. The molecule has 0 radical (unpaired) electrons. The van der Waals surface area contributed by atoms with Crippen LogP contribution in [0, 0.1) is 0 Å². The van der Waals surface area contributed by atoms with E-state index in [9.17, 15) is 13.2 Å². The maximum Gasteiger partial charge on any atom is 0.416 e. The normalized spacial score (nSPS) is 11.0. The summed E-state index contributed by atoms with van der Waals surface area (Å²) in [5, 5.41) is 0. The SMILES string of the molecule is CC.CN(C)Cc1ccccc1C(F)(F)F. The predicted octanol–water partition coefficient (Wildman–Crippen LogP) is 3.79. The topological polar surface area (TPSA) is 3.24 Å². The standard InChI is InChI=1S/C10H12F3N.C2H6/c1-14(2)7-8-5-3-4-6-9(8)10(11,12)13;1-2/h3-6H,7H2,1-2H3;1-2H3. The Balaban J connectivity index is 0.00000106. The fourth-order valence-corrected chi connectivity index (χ4v) is 1.28. The summed E-state index contributed by atoms with van der Waals surface area (Å²) >= 11 is 0. The second-order valence-electron chi connectivity index (χ2n) is 3.39. The molecule has 1 aromatic rings. The fraction of sp³-hybridized carbons (Fsp3) is 0.500. The van der Waals surface area contributed by atoms with Gasteiger partial charge >= 0.3 is 6.18 Å². The number of hydrogen-bond donors (Lipinski definition) is 0. The lowest BCUT2D eigenvalue weighted by Crippen LogP contribution is -2.16. The van der Waals surface area contributed by atoms with Crippen LogP contribution in [0.3, 0.4) is 0 Å². The predicted molar refractivity (Wildman–Crippen MR) is 60.2 cm³/mol. The molecular formula is C12H18F3N. The van der Waals surface area contributed by atoms with E-state index in [4.69, 9.17) is 0 Å². The third-order valence-corrected chi connectivity index (χ3v) is 1.81. The molecule has 16 heavy (non-hydrogen) atoms. The van der Waals surface area contributed by atoms with Crippen LogP contribution in [0.4, 0.5) is 13.2 Å². The number of nitrogens with zero attached hydrogens (tertiary/aromatic N) is 1. The summed E-state index contributed by atoms with van der Waals surface area (Å²) in [4.78, 5) is 1.71. The summed E-state index contributed by atoms with van der Waals surface area (Å²) < 4.78 is 37.4. The van der Waals surface area contributed by atoms with Gasteiger partial charge in [-0.3, -0.25) is 0 Å². The van der Waals surface area contributed by atoms with Gasteiger partial charge in [0, 0.05) is 6.54 Å². The van der Waals surface area contributed by atoms with Crippen LogP contribution in [0.5, 0.6) is 0 Å². The molecule has 1 nitrogen and oxygen atoms in total. The van der Waals surface area contributed by atoms with Crippen molar-refractivity contribution in [1.29, 1.82) is 0 Å². The lowest BCUT2D eigenvalue weighted by Gasteiger charge is -2.15. The molecule has 0 saturated heterocycles. The second kappa shape index (κ2) is 6.53. The Bertz CT molecular complexity index is 305. The highest BCUT2D eigenvalue weighted by atomic mass is 19.4. The maximum absolute atomic E-state index is 12.5. The van der Waals surface area contributed by atoms with Crippen molar-refractivity contribution in [1.82, 2.24) is 4.90 Å². The summed E-state index contributed by atoms with van der Waals surface area (Å²) in [6.45, 7) is 4.30. The first-order valence-corrected chi connectivity index (χ1v) is 5.21. The zero-order valence-corrected chi connectivity index (χ0v) is 10.1. The van der Waals surface area contributed by atoms with Gasteiger partial charge in [-0.25, -0.2) is 0 Å². The molecule has 0 N–H and O–H groups in total. The lowest BCUT2D eigenvalue weighted by atomic mass is 10.1. The summed E-state index contributed by atoms with van der Waals surface area (Å²) in [6, 6.07) is 5.64. The third-order valence-electron chi connectivity index (χ3n) is 1.81. The van der Waals surface area contributed by atoms with Crippen LogP contribution in [-0.2, 0) is 12.7 Å². The van der Waals surface area contributed by atoms with Gasteiger partial charge in [-0.2, -0.15) is 13.2 Å². The Morgan fingerprint density at radius 3 is 2.00 bits per heavy atom. The molecule has 4 heteroatoms. The molecule has 0 unspecified atom stereocenters. The highest BCUT2D eigenvalue weighted by Gasteiger charge is 2.32. The van der Waals surface area contributed by atoms with Crippen LogP contribution in [-0.4, -0.2) is 19.0 Å². The molecule has 0 aromatic heterocycles. The van der Waals surface area contributed by atoms with Gasteiger partial charge in [0.2, 0.25) is 0 Å². The molecule has 0 bridgehead atoms. The van der Waals surface area contributed by atoms with Crippen molar-refractivity contribution in [2.75, 3.05) is 14.1 Å². The lowest BCUT2D eigenvalue weighted by molar-refractivity contribution is -0.138. The van der Waals surface area contributed by atoms with Crippen molar-refractivity contribution in [3.63, 3.8) is 0 Å². The first-order chi connectivity index (χ1) is 7.41. The molecule has 1 aromatic carbocycles. The summed E-state index contributed by atoms with van der Waals surface area (Å²) in [6.07, 6.45) is -4.26. The molecule has 0 amide bonds.